The molecule has 0 spiro atoms. The Morgan fingerprint density at radius 1 is 1.23 bits per heavy atom. The second kappa shape index (κ2) is 7.73. The highest BCUT2D eigenvalue weighted by molar-refractivity contribution is 7.99. The molecule has 2 heterocycles. The zero-order chi connectivity index (χ0) is 21.5. The Morgan fingerprint density at radius 2 is 2.03 bits per heavy atom. The van der Waals surface area contributed by atoms with E-state index < -0.39 is 0 Å². The van der Waals surface area contributed by atoms with Gasteiger partial charge in [-0.15, -0.1) is 10.2 Å². The maximum absolute atomic E-state index is 13.5. The van der Waals surface area contributed by atoms with Gasteiger partial charge in [0.25, 0.3) is 5.56 Å². The Bertz CT molecular complexity index is 1370. The third kappa shape index (κ3) is 3.54. The normalized spacial score (nSPS) is 13.6. The number of nitrogens with zero attached hydrogens (tertiary/aromatic N) is 4. The minimum Gasteiger partial charge on any atom is -0.495 e. The first kappa shape index (κ1) is 19.6. The van der Waals surface area contributed by atoms with Crippen molar-refractivity contribution in [2.45, 2.75) is 31.0 Å². The van der Waals surface area contributed by atoms with E-state index in [9.17, 15) is 9.59 Å². The van der Waals surface area contributed by atoms with E-state index in [1.807, 2.05) is 47.7 Å². The molecule has 5 rings (SSSR count). The first-order valence-corrected chi connectivity index (χ1v) is 11.0. The lowest BCUT2D eigenvalue weighted by molar-refractivity contribution is -0.118. The lowest BCUT2D eigenvalue weighted by atomic mass is 10.2. The van der Waals surface area contributed by atoms with Gasteiger partial charge in [-0.3, -0.25) is 14.0 Å². The summed E-state index contributed by atoms with van der Waals surface area (Å²) >= 11 is 1.30. The summed E-state index contributed by atoms with van der Waals surface area (Å²) in [5, 5.41) is 12.7. The molecule has 4 aromatic rings. The Morgan fingerprint density at radius 3 is 2.81 bits per heavy atom. The second-order valence-corrected chi connectivity index (χ2v) is 8.52. The molecular weight excluding hydrogens is 414 g/mol. The summed E-state index contributed by atoms with van der Waals surface area (Å²) in [6.45, 7) is 1.95. The molecule has 1 aliphatic carbocycles. The number of hydrogen-bond acceptors (Lipinski definition) is 6. The van der Waals surface area contributed by atoms with Crippen molar-refractivity contribution in [3.05, 3.63) is 58.4 Å². The third-order valence-electron chi connectivity index (χ3n) is 5.24. The number of carbonyl (C=O) groups excluding carboxylic acids is 1. The number of thioether (sulfide) groups is 1. The van der Waals surface area contributed by atoms with Crippen LogP contribution >= 0.6 is 11.8 Å². The molecular formula is C22H21N5O3S. The quantitative estimate of drug-likeness (QED) is 0.469. The lowest BCUT2D eigenvalue weighted by Crippen LogP contribution is -2.27. The van der Waals surface area contributed by atoms with Gasteiger partial charge >= 0.3 is 0 Å². The van der Waals surface area contributed by atoms with Gasteiger partial charge in [-0.1, -0.05) is 30.0 Å². The van der Waals surface area contributed by atoms with Crippen molar-refractivity contribution >= 4 is 34.3 Å². The molecule has 158 valence electrons. The van der Waals surface area contributed by atoms with Crippen molar-refractivity contribution in [1.29, 1.82) is 0 Å². The highest BCUT2D eigenvalue weighted by Gasteiger charge is 2.24. The maximum Gasteiger partial charge on any atom is 0.267 e. The topological polar surface area (TPSA) is 90.5 Å². The van der Waals surface area contributed by atoms with Crippen molar-refractivity contribution in [2.24, 2.45) is 0 Å². The largest absolute Gasteiger partial charge is 0.495 e. The number of aryl methyl sites for hydroxylation is 1. The Labute approximate surface area is 182 Å². The molecule has 0 aliphatic heterocycles. The Balaban J connectivity index is 1.70. The van der Waals surface area contributed by atoms with E-state index in [-0.39, 0.29) is 17.2 Å². The van der Waals surface area contributed by atoms with Gasteiger partial charge in [-0.2, -0.15) is 0 Å². The highest BCUT2D eigenvalue weighted by atomic mass is 32.2. The summed E-state index contributed by atoms with van der Waals surface area (Å²) in [7, 11) is 1.57. The molecule has 0 unspecified atom stereocenters. The number of amides is 1. The zero-order valence-electron chi connectivity index (χ0n) is 17.2. The van der Waals surface area contributed by atoms with E-state index in [0.29, 0.717) is 39.3 Å². The number of aromatic nitrogens is 4. The third-order valence-corrected chi connectivity index (χ3v) is 6.17. The number of hydrogen-bond donors (Lipinski definition) is 1. The van der Waals surface area contributed by atoms with Gasteiger partial charge in [-0.25, -0.2) is 4.57 Å². The zero-order valence-corrected chi connectivity index (χ0v) is 18.0. The molecule has 1 saturated carbocycles. The van der Waals surface area contributed by atoms with E-state index >= 15 is 0 Å². The first-order valence-electron chi connectivity index (χ1n) is 10.0. The molecule has 2 aromatic carbocycles. The molecule has 0 radical (unpaired) electrons. The van der Waals surface area contributed by atoms with Crippen LogP contribution in [0, 0.1) is 6.92 Å². The van der Waals surface area contributed by atoms with E-state index in [0.717, 1.165) is 18.4 Å². The second-order valence-electron chi connectivity index (χ2n) is 7.58. The fraction of sp³-hybridized carbons (Fsp3) is 0.273. The van der Waals surface area contributed by atoms with Crippen LogP contribution < -0.4 is 15.6 Å². The van der Waals surface area contributed by atoms with E-state index in [1.165, 1.54) is 16.3 Å². The first-order chi connectivity index (χ1) is 15.1. The van der Waals surface area contributed by atoms with Gasteiger partial charge in [0.1, 0.15) is 5.75 Å². The van der Waals surface area contributed by atoms with Crippen molar-refractivity contribution in [3.8, 4) is 11.4 Å². The van der Waals surface area contributed by atoms with Crippen molar-refractivity contribution in [1.82, 2.24) is 24.5 Å². The van der Waals surface area contributed by atoms with Gasteiger partial charge in [0.2, 0.25) is 11.7 Å². The summed E-state index contributed by atoms with van der Waals surface area (Å²) in [6.07, 6.45) is 2.08. The van der Waals surface area contributed by atoms with Crippen LogP contribution in [0.4, 0.5) is 0 Å². The maximum atomic E-state index is 13.5. The van der Waals surface area contributed by atoms with E-state index in [2.05, 4.69) is 15.5 Å². The minimum absolute atomic E-state index is 0.0257. The fourth-order valence-electron chi connectivity index (χ4n) is 3.59. The van der Waals surface area contributed by atoms with Crippen LogP contribution in [0.3, 0.4) is 0 Å². The Kier molecular flexibility index (Phi) is 4.90. The van der Waals surface area contributed by atoms with Gasteiger partial charge in [-0.05, 0) is 49.6 Å². The van der Waals surface area contributed by atoms with Crippen LogP contribution in [0.2, 0.25) is 0 Å². The number of para-hydroxylation sites is 1. The SMILES string of the molecule is COc1ccc(C)cc1-n1c(=O)c2ccccc2n2c(SCC(=O)NC3CC3)nnc12. The molecule has 9 heteroatoms. The van der Waals surface area contributed by atoms with Gasteiger partial charge in [0.15, 0.2) is 5.16 Å². The van der Waals surface area contributed by atoms with Crippen LogP contribution in [-0.4, -0.2) is 44.0 Å². The number of ether oxygens (including phenoxy) is 1. The molecule has 0 saturated heterocycles. The Hall–Kier alpha value is -3.33. The number of methoxy groups -OCH3 is 1. The van der Waals surface area contributed by atoms with Crippen molar-refractivity contribution < 1.29 is 9.53 Å². The molecule has 31 heavy (non-hydrogen) atoms. The van der Waals surface area contributed by atoms with Crippen LogP contribution in [0.25, 0.3) is 22.4 Å². The van der Waals surface area contributed by atoms with Crippen LogP contribution in [-0.2, 0) is 4.79 Å². The van der Waals surface area contributed by atoms with Crippen LogP contribution in [0.1, 0.15) is 18.4 Å². The van der Waals surface area contributed by atoms with Crippen LogP contribution in [0.5, 0.6) is 5.75 Å². The number of benzene rings is 2. The molecule has 2 aromatic heterocycles. The highest BCUT2D eigenvalue weighted by Crippen LogP contribution is 2.28. The summed E-state index contributed by atoms with van der Waals surface area (Å²) < 4.78 is 8.87. The van der Waals surface area contributed by atoms with Gasteiger partial charge in [0.05, 0.1) is 29.5 Å². The average Bonchev–Trinajstić information content (AvgIpc) is 3.49. The van der Waals surface area contributed by atoms with Crippen molar-refractivity contribution in [2.75, 3.05) is 12.9 Å². The molecule has 1 fully saturated rings. The average molecular weight is 436 g/mol. The molecule has 1 N–H and O–H groups in total. The van der Waals surface area contributed by atoms with Gasteiger partial charge < -0.3 is 10.1 Å². The number of nitrogens with one attached hydrogen (secondary N) is 1. The molecule has 0 bridgehead atoms. The smallest absolute Gasteiger partial charge is 0.267 e. The predicted octanol–water partition coefficient (Wildman–Crippen LogP) is 2.72. The predicted molar refractivity (Wildman–Crippen MR) is 119 cm³/mol. The molecule has 8 nitrogen and oxygen atoms in total. The van der Waals surface area contributed by atoms with Crippen molar-refractivity contribution in [3.63, 3.8) is 0 Å². The molecule has 1 amide bonds. The number of fused-ring (bicyclic) bond motifs is 3. The standard InChI is InChI=1S/C22H21N5O3S/c1-13-7-10-18(30-2)17(11-13)26-20(29)15-5-3-4-6-16(15)27-21(26)24-25-22(27)31-12-19(28)23-14-8-9-14/h3-7,10-11,14H,8-9,12H2,1-2H3,(H,23,28). The van der Waals surface area contributed by atoms with E-state index in [4.69, 9.17) is 4.74 Å². The number of rotatable bonds is 6. The monoisotopic (exact) mass is 435 g/mol. The number of carbonyl (C=O) groups is 1. The summed E-state index contributed by atoms with van der Waals surface area (Å²) in [5.41, 5.74) is 2.07. The lowest BCUT2D eigenvalue weighted by Gasteiger charge is -2.14. The molecule has 0 atom stereocenters. The fourth-order valence-corrected chi connectivity index (χ4v) is 4.34. The summed E-state index contributed by atoms with van der Waals surface area (Å²) in [6, 6.07) is 13.3. The van der Waals surface area contributed by atoms with Crippen LogP contribution in [0.15, 0.2) is 52.4 Å². The van der Waals surface area contributed by atoms with Gasteiger partial charge in [0, 0.05) is 6.04 Å². The minimum atomic E-state index is -0.206. The molecule has 1 aliphatic rings. The summed E-state index contributed by atoms with van der Waals surface area (Å²) in [5.74, 6) is 1.14. The summed E-state index contributed by atoms with van der Waals surface area (Å²) in [4.78, 5) is 25.7. The van der Waals surface area contributed by atoms with E-state index in [1.54, 1.807) is 13.2 Å².